The van der Waals surface area contributed by atoms with Gasteiger partial charge in [0.25, 0.3) is 5.08 Å². The molecule has 0 aromatic carbocycles. The van der Waals surface area contributed by atoms with E-state index in [1.807, 2.05) is 13.8 Å². The molecule has 0 heterocycles. The summed E-state index contributed by atoms with van der Waals surface area (Å²) in [5, 5.41) is 36.1. The molecule has 3 aliphatic rings. The molecule has 0 aromatic rings. The van der Waals surface area contributed by atoms with E-state index in [9.17, 15) is 29.6 Å². The number of aliphatic hydroxyl groups is 4. The molecular weight excluding hydrogens is 608 g/mol. The van der Waals surface area contributed by atoms with Gasteiger partial charge in [0.2, 0.25) is 0 Å². The van der Waals surface area contributed by atoms with Gasteiger partial charge in [0.1, 0.15) is 0 Å². The van der Waals surface area contributed by atoms with E-state index >= 15 is 0 Å². The molecule has 6 atom stereocenters. The van der Waals surface area contributed by atoms with E-state index in [2.05, 4.69) is 32.6 Å². The molecule has 3 rings (SSSR count). The van der Waals surface area contributed by atoms with E-state index in [4.69, 9.17) is 25.3 Å². The first-order chi connectivity index (χ1) is 20.1. The van der Waals surface area contributed by atoms with Crippen LogP contribution in [0.4, 0.5) is 0 Å². The fourth-order valence-corrected chi connectivity index (χ4v) is 9.79. The minimum atomic E-state index is -5.30. The highest BCUT2D eigenvalue weighted by Gasteiger charge is 2.58. The second kappa shape index (κ2) is 15.5. The summed E-state index contributed by atoms with van der Waals surface area (Å²) in [7, 11) is -10.6. The molecule has 10 N–H and O–H groups in total. The third-order valence-corrected chi connectivity index (χ3v) is 14.0. The summed E-state index contributed by atoms with van der Waals surface area (Å²) in [6.07, 6.45) is 13.0. The van der Waals surface area contributed by atoms with Gasteiger partial charge in [-0.25, -0.2) is 0 Å². The smallest absolute Gasteiger partial charge is 0.369 e. The number of hydrogen-bond acceptors (Lipinski definition) is 7. The van der Waals surface area contributed by atoms with E-state index in [0.717, 1.165) is 29.9 Å². The van der Waals surface area contributed by atoms with E-state index in [0.29, 0.717) is 30.1 Å². The molecule has 256 valence electrons. The minimum absolute atomic E-state index is 0.0394. The van der Waals surface area contributed by atoms with Crippen molar-refractivity contribution in [3.8, 4) is 0 Å². The van der Waals surface area contributed by atoms with Gasteiger partial charge >= 0.3 is 15.2 Å². The third-order valence-electron chi connectivity index (χ3n) is 10.1. The van der Waals surface area contributed by atoms with Gasteiger partial charge in [-0.1, -0.05) is 51.0 Å². The highest BCUT2D eigenvalue weighted by Crippen LogP contribution is 2.69. The number of hydrogen-bond donors (Lipinski definition) is 9. The lowest BCUT2D eigenvalue weighted by Crippen LogP contribution is -2.36. The molecule has 0 spiro atoms. The lowest BCUT2D eigenvalue weighted by Gasteiger charge is -2.44. The van der Waals surface area contributed by atoms with Gasteiger partial charge in [0.15, 0.2) is 0 Å². The Morgan fingerprint density at radius 3 is 2.20 bits per heavy atom. The van der Waals surface area contributed by atoms with Crippen LogP contribution >= 0.6 is 15.2 Å². The monoisotopic (exact) mass is 665 g/mol. The zero-order valence-corrected chi connectivity index (χ0v) is 28.6. The second-order valence-corrected chi connectivity index (χ2v) is 18.1. The predicted molar refractivity (Wildman–Crippen MR) is 171 cm³/mol. The molecule has 0 saturated heterocycles. The molecule has 44 heavy (non-hydrogen) atoms. The van der Waals surface area contributed by atoms with E-state index in [-0.39, 0.29) is 13.0 Å². The lowest BCUT2D eigenvalue weighted by atomic mass is 9.60. The summed E-state index contributed by atoms with van der Waals surface area (Å²) in [6.45, 7) is 12.8. The molecule has 0 amide bonds. The van der Waals surface area contributed by atoms with Crippen molar-refractivity contribution in [1.29, 1.82) is 0 Å². The Labute approximate surface area is 262 Å². The van der Waals surface area contributed by atoms with Crippen LogP contribution in [-0.2, 0) is 9.13 Å². The lowest BCUT2D eigenvalue weighted by molar-refractivity contribution is 0.0596. The molecule has 0 bridgehead atoms. The summed E-state index contributed by atoms with van der Waals surface area (Å²) < 4.78 is 21.4. The fraction of sp³-hybridized carbons (Fsp3) is 0.806. The number of rotatable bonds is 11. The number of allylic oxidation sites excluding steroid dienone is 3. The van der Waals surface area contributed by atoms with Crippen LogP contribution in [0, 0.1) is 23.2 Å². The van der Waals surface area contributed by atoms with Crippen molar-refractivity contribution < 1.29 is 49.1 Å². The van der Waals surface area contributed by atoms with Crippen LogP contribution in [0.2, 0.25) is 0 Å². The number of fused-ring (bicyclic) bond motifs is 1. The summed E-state index contributed by atoms with van der Waals surface area (Å²) >= 11 is 0. The van der Waals surface area contributed by atoms with Crippen LogP contribution in [0.5, 0.6) is 0 Å². The molecule has 13 heteroatoms. The van der Waals surface area contributed by atoms with Crippen molar-refractivity contribution in [2.45, 2.75) is 128 Å². The van der Waals surface area contributed by atoms with Crippen LogP contribution < -0.4 is 5.73 Å². The average molecular weight is 666 g/mol. The summed E-state index contributed by atoms with van der Waals surface area (Å²) in [5.74, 6) is 2.11. The quantitative estimate of drug-likeness (QED) is 0.140. The Hall–Kier alpha value is -0.680. The van der Waals surface area contributed by atoms with Gasteiger partial charge in [-0.3, -0.25) is 9.13 Å². The summed E-state index contributed by atoms with van der Waals surface area (Å²) in [4.78, 5) is 34.5. The number of nitrogens with two attached hydrogens (primary N) is 1. The van der Waals surface area contributed by atoms with Gasteiger partial charge in [-0.05, 0) is 106 Å². The van der Waals surface area contributed by atoms with Crippen molar-refractivity contribution >= 4 is 15.2 Å². The molecule has 0 aliphatic heterocycles. The SMILES string of the molecule is C=C1/C(=C\C=C2/CCC[C@]3(C)[C@@H]([C@H](C)CCCC(C)(C)O)CC[C@@H]23)C[C@@H](O)C[C@@H]1O.NCCCC(O)(P(=O)(O)O)P(=O)(O)O. The Kier molecular flexibility index (Phi) is 13.9. The first kappa shape index (κ1) is 39.5. The van der Waals surface area contributed by atoms with Gasteiger partial charge in [-0.2, -0.15) is 0 Å². The van der Waals surface area contributed by atoms with Crippen molar-refractivity contribution in [2.24, 2.45) is 28.9 Å². The minimum Gasteiger partial charge on any atom is -0.393 e. The van der Waals surface area contributed by atoms with E-state index in [1.165, 1.54) is 38.5 Å². The van der Waals surface area contributed by atoms with Crippen LogP contribution in [-0.4, -0.2) is 69.4 Å². The highest BCUT2D eigenvalue weighted by atomic mass is 31.2. The Morgan fingerprint density at radius 2 is 1.66 bits per heavy atom. The van der Waals surface area contributed by atoms with Gasteiger partial charge < -0.3 is 45.7 Å². The number of aliphatic hydroxyl groups excluding tert-OH is 2. The largest absolute Gasteiger partial charge is 0.393 e. The van der Waals surface area contributed by atoms with Crippen LogP contribution in [0.25, 0.3) is 0 Å². The molecule has 3 fully saturated rings. The molecule has 11 nitrogen and oxygen atoms in total. The molecular formula is C31H57NO10P2. The average Bonchev–Trinajstić information content (AvgIpc) is 3.24. The van der Waals surface area contributed by atoms with Crippen LogP contribution in [0.15, 0.2) is 35.5 Å². The van der Waals surface area contributed by atoms with Crippen molar-refractivity contribution in [1.82, 2.24) is 0 Å². The van der Waals surface area contributed by atoms with Gasteiger partial charge in [0, 0.05) is 12.8 Å². The van der Waals surface area contributed by atoms with Crippen molar-refractivity contribution in [2.75, 3.05) is 6.54 Å². The predicted octanol–water partition coefficient (Wildman–Crippen LogP) is 4.43. The fourth-order valence-electron chi connectivity index (χ4n) is 7.54. The molecule has 0 radical (unpaired) electrons. The maximum atomic E-state index is 10.7. The van der Waals surface area contributed by atoms with Gasteiger partial charge in [0.05, 0.1) is 17.8 Å². The topological polar surface area (TPSA) is 222 Å². The zero-order valence-electron chi connectivity index (χ0n) is 26.8. The highest BCUT2D eigenvalue weighted by molar-refractivity contribution is 7.72. The Balaban J connectivity index is 0.000000408. The molecule has 0 aromatic heterocycles. The molecule has 3 saturated carbocycles. The molecule has 3 aliphatic carbocycles. The summed E-state index contributed by atoms with van der Waals surface area (Å²) in [6, 6.07) is 0. The van der Waals surface area contributed by atoms with Gasteiger partial charge in [-0.15, -0.1) is 0 Å². The van der Waals surface area contributed by atoms with E-state index < -0.39 is 44.5 Å². The van der Waals surface area contributed by atoms with Crippen molar-refractivity contribution in [3.63, 3.8) is 0 Å². The second-order valence-electron chi connectivity index (χ2n) is 14.1. The maximum Gasteiger partial charge on any atom is 0.369 e. The first-order valence-corrected chi connectivity index (χ1v) is 19.0. The normalized spacial score (nSPS) is 31.1. The zero-order chi connectivity index (χ0) is 33.7. The summed E-state index contributed by atoms with van der Waals surface area (Å²) in [5.41, 5.74) is 8.17. The maximum absolute atomic E-state index is 10.7. The van der Waals surface area contributed by atoms with Crippen molar-refractivity contribution in [3.05, 3.63) is 35.5 Å². The molecule has 0 unspecified atom stereocenters. The van der Waals surface area contributed by atoms with Crippen LogP contribution in [0.3, 0.4) is 0 Å². The third kappa shape index (κ3) is 9.91. The Morgan fingerprint density at radius 1 is 1.05 bits per heavy atom. The van der Waals surface area contributed by atoms with Crippen LogP contribution in [0.1, 0.15) is 105 Å². The first-order valence-electron chi connectivity index (χ1n) is 15.8. The standard InChI is InChI=1S/C27H44O3.C4H13NO7P2/c1-18(8-6-14-26(3,4)30)23-12-13-24-20(9-7-15-27(23,24)5)10-11-21-16-22(28)17-25(29)19(21)2;5-3-1-2-4(6,13(7,8)9)14(10,11)12/h10-11,18,22-25,28-30H,2,6-9,12-17H2,1,3-5H3;6H,1-3,5H2,(H2,7,8,9)(H2,10,11,12)/b20-10+,21-11-;/t18-,22-,23-,24+,25+,27-;/m1./s1. The van der Waals surface area contributed by atoms with E-state index in [1.54, 1.807) is 5.57 Å². The Bertz CT molecular complexity index is 1110.